The van der Waals surface area contributed by atoms with E-state index in [1.165, 1.54) is 12.0 Å². The topological polar surface area (TPSA) is 38.3 Å². The van der Waals surface area contributed by atoms with Gasteiger partial charge in [0.15, 0.2) is 0 Å². The fraction of sp³-hybridized carbons (Fsp3) is 0.409. The van der Waals surface area contributed by atoms with Crippen LogP contribution in [0.25, 0.3) is 0 Å². The summed E-state index contributed by atoms with van der Waals surface area (Å²) in [6, 6.07) is 16.1. The lowest BCUT2D eigenvalue weighted by Crippen LogP contribution is -2.42. The minimum Gasteiger partial charge on any atom is -0.493 e. The molecule has 3 nitrogen and oxygen atoms in total. The average Bonchev–Trinajstić information content (AvgIpc) is 2.68. The molecule has 1 saturated carbocycles. The van der Waals surface area contributed by atoms with Gasteiger partial charge in [-0.15, -0.1) is 0 Å². The zero-order valence-corrected chi connectivity index (χ0v) is 16.8. The minimum atomic E-state index is -0.420. The molecule has 0 radical (unpaired) electrons. The summed E-state index contributed by atoms with van der Waals surface area (Å²) in [6.45, 7) is 2.71. The van der Waals surface area contributed by atoms with Crippen molar-refractivity contribution in [2.24, 2.45) is 0 Å². The van der Waals surface area contributed by atoms with Gasteiger partial charge in [0.2, 0.25) is 5.91 Å². The number of hydrogen-bond donors (Lipinski definition) is 1. The standard InChI is InChI=1S/C22H26BrNO2/c1-17-5-7-18(8-6-17)22(13-3-2-4-14-22)21(25)24-19-9-11-20(12-10-19)26-16-15-23/h5-12H,2-4,13-16H2,1H3,(H,24,25). The number of anilines is 1. The highest BCUT2D eigenvalue weighted by Crippen LogP contribution is 2.40. The van der Waals surface area contributed by atoms with Crippen LogP contribution >= 0.6 is 15.9 Å². The first-order valence-corrected chi connectivity index (χ1v) is 10.4. The largest absolute Gasteiger partial charge is 0.493 e. The second kappa shape index (κ2) is 8.72. The predicted octanol–water partition coefficient (Wildman–Crippen LogP) is 5.61. The minimum absolute atomic E-state index is 0.107. The van der Waals surface area contributed by atoms with E-state index in [1.807, 2.05) is 24.3 Å². The molecule has 138 valence electrons. The van der Waals surface area contributed by atoms with Crippen molar-refractivity contribution in [1.29, 1.82) is 0 Å². The summed E-state index contributed by atoms with van der Waals surface area (Å²) in [5, 5.41) is 3.94. The first-order valence-electron chi connectivity index (χ1n) is 9.31. The van der Waals surface area contributed by atoms with Crippen LogP contribution in [0, 0.1) is 6.92 Å². The third kappa shape index (κ3) is 4.29. The van der Waals surface area contributed by atoms with Gasteiger partial charge >= 0.3 is 0 Å². The maximum atomic E-state index is 13.3. The highest BCUT2D eigenvalue weighted by atomic mass is 79.9. The number of alkyl halides is 1. The van der Waals surface area contributed by atoms with Crippen LogP contribution in [0.4, 0.5) is 5.69 Å². The van der Waals surface area contributed by atoms with Crippen molar-refractivity contribution >= 4 is 27.5 Å². The molecule has 26 heavy (non-hydrogen) atoms. The lowest BCUT2D eigenvalue weighted by Gasteiger charge is -2.36. The molecule has 0 aromatic heterocycles. The first-order chi connectivity index (χ1) is 12.6. The molecule has 1 fully saturated rings. The normalized spacial score (nSPS) is 16.1. The van der Waals surface area contributed by atoms with Crippen molar-refractivity contribution in [3.8, 4) is 5.75 Å². The van der Waals surface area contributed by atoms with Crippen molar-refractivity contribution < 1.29 is 9.53 Å². The van der Waals surface area contributed by atoms with Crippen molar-refractivity contribution in [2.45, 2.75) is 44.4 Å². The summed E-state index contributed by atoms with van der Waals surface area (Å²) in [4.78, 5) is 13.3. The highest BCUT2D eigenvalue weighted by Gasteiger charge is 2.41. The molecule has 3 rings (SSSR count). The maximum Gasteiger partial charge on any atom is 0.235 e. The van der Waals surface area contributed by atoms with Crippen molar-refractivity contribution in [3.63, 3.8) is 0 Å². The molecule has 0 atom stereocenters. The van der Waals surface area contributed by atoms with Crippen molar-refractivity contribution in [3.05, 3.63) is 59.7 Å². The molecule has 1 N–H and O–H groups in total. The van der Waals surface area contributed by atoms with Crippen LogP contribution in [0.3, 0.4) is 0 Å². The Morgan fingerprint density at radius 3 is 2.31 bits per heavy atom. The van der Waals surface area contributed by atoms with Crippen molar-refractivity contribution in [2.75, 3.05) is 17.3 Å². The van der Waals surface area contributed by atoms with Gasteiger partial charge in [-0.05, 0) is 49.6 Å². The number of aryl methyl sites for hydroxylation is 1. The average molecular weight is 416 g/mol. The molecule has 1 aliphatic carbocycles. The number of ether oxygens (including phenoxy) is 1. The maximum absolute atomic E-state index is 13.3. The van der Waals surface area contributed by atoms with Gasteiger partial charge in [-0.25, -0.2) is 0 Å². The SMILES string of the molecule is Cc1ccc(C2(C(=O)Nc3ccc(OCCBr)cc3)CCCCC2)cc1. The first kappa shape index (κ1) is 19.0. The van der Waals surface area contributed by atoms with Crippen molar-refractivity contribution in [1.82, 2.24) is 0 Å². The number of carbonyl (C=O) groups is 1. The molecular weight excluding hydrogens is 390 g/mol. The summed E-state index contributed by atoms with van der Waals surface area (Å²) in [7, 11) is 0. The van der Waals surface area contributed by atoms with Gasteiger partial charge in [-0.2, -0.15) is 0 Å². The second-order valence-electron chi connectivity index (χ2n) is 7.02. The van der Waals surface area contributed by atoms with E-state index in [0.717, 1.165) is 48.0 Å². The Bertz CT molecular complexity index is 719. The van der Waals surface area contributed by atoms with Crippen LogP contribution in [0.1, 0.15) is 43.2 Å². The fourth-order valence-electron chi connectivity index (χ4n) is 3.72. The van der Waals surface area contributed by atoms with E-state index in [9.17, 15) is 4.79 Å². The Kier molecular flexibility index (Phi) is 6.36. The zero-order valence-electron chi connectivity index (χ0n) is 15.3. The Balaban J connectivity index is 1.78. The van der Waals surface area contributed by atoms with Crippen LogP contribution in [0.15, 0.2) is 48.5 Å². The molecule has 1 aliphatic rings. The summed E-state index contributed by atoms with van der Waals surface area (Å²) >= 11 is 3.35. The van der Waals surface area contributed by atoms with E-state index in [2.05, 4.69) is 52.4 Å². The number of halogens is 1. The Hall–Kier alpha value is -1.81. The number of amides is 1. The Morgan fingerprint density at radius 2 is 1.69 bits per heavy atom. The van der Waals surface area contributed by atoms with E-state index >= 15 is 0 Å². The van der Waals surface area contributed by atoms with Gasteiger partial charge in [0, 0.05) is 11.0 Å². The Labute approximate surface area is 164 Å². The molecule has 2 aromatic rings. The van der Waals surface area contributed by atoms with E-state index in [0.29, 0.717) is 6.61 Å². The fourth-order valence-corrected chi connectivity index (χ4v) is 3.88. The van der Waals surface area contributed by atoms with E-state index in [4.69, 9.17) is 4.74 Å². The summed E-state index contributed by atoms with van der Waals surface area (Å²) in [6.07, 6.45) is 5.23. The number of benzene rings is 2. The monoisotopic (exact) mass is 415 g/mol. The van der Waals surface area contributed by atoms with E-state index < -0.39 is 5.41 Å². The molecule has 4 heteroatoms. The highest BCUT2D eigenvalue weighted by molar-refractivity contribution is 9.09. The van der Waals surface area contributed by atoms with E-state index in [-0.39, 0.29) is 5.91 Å². The van der Waals surface area contributed by atoms with Gasteiger partial charge in [-0.3, -0.25) is 4.79 Å². The molecule has 0 aliphatic heterocycles. The van der Waals surface area contributed by atoms with Crippen LogP contribution in [0.2, 0.25) is 0 Å². The van der Waals surface area contributed by atoms with Crippen LogP contribution in [-0.4, -0.2) is 17.8 Å². The molecule has 0 unspecified atom stereocenters. The summed E-state index contributed by atoms with van der Waals surface area (Å²) < 4.78 is 5.57. The van der Waals surface area contributed by atoms with Gasteiger partial charge in [-0.1, -0.05) is 65.0 Å². The smallest absolute Gasteiger partial charge is 0.235 e. The molecular formula is C22H26BrNO2. The van der Waals surface area contributed by atoms with Gasteiger partial charge in [0.05, 0.1) is 12.0 Å². The zero-order chi connectivity index (χ0) is 18.4. The number of hydrogen-bond acceptors (Lipinski definition) is 2. The van der Waals surface area contributed by atoms with Gasteiger partial charge in [0.25, 0.3) is 0 Å². The van der Waals surface area contributed by atoms with Gasteiger partial charge in [0.1, 0.15) is 5.75 Å². The van der Waals surface area contributed by atoms with Crippen LogP contribution in [0.5, 0.6) is 5.75 Å². The number of nitrogens with one attached hydrogen (secondary N) is 1. The lowest BCUT2D eigenvalue weighted by molar-refractivity contribution is -0.122. The molecule has 0 saturated heterocycles. The lowest BCUT2D eigenvalue weighted by atomic mass is 9.68. The third-order valence-electron chi connectivity index (χ3n) is 5.20. The van der Waals surface area contributed by atoms with Gasteiger partial charge < -0.3 is 10.1 Å². The molecule has 0 bridgehead atoms. The predicted molar refractivity (Wildman–Crippen MR) is 110 cm³/mol. The number of rotatable bonds is 6. The van der Waals surface area contributed by atoms with E-state index in [1.54, 1.807) is 0 Å². The van der Waals surface area contributed by atoms with Crippen LogP contribution < -0.4 is 10.1 Å². The molecule has 0 heterocycles. The number of carbonyl (C=O) groups excluding carboxylic acids is 1. The molecule has 1 amide bonds. The molecule has 2 aromatic carbocycles. The molecule has 0 spiro atoms. The van der Waals surface area contributed by atoms with Crippen LogP contribution in [-0.2, 0) is 10.2 Å². The second-order valence-corrected chi connectivity index (χ2v) is 7.82. The summed E-state index contributed by atoms with van der Waals surface area (Å²) in [5.41, 5.74) is 2.76. The quantitative estimate of drug-likeness (QED) is 0.622. The summed E-state index contributed by atoms with van der Waals surface area (Å²) in [5.74, 6) is 0.920. The Morgan fingerprint density at radius 1 is 1.04 bits per heavy atom. The third-order valence-corrected chi connectivity index (χ3v) is 5.53.